The Morgan fingerprint density at radius 1 is 1.29 bits per heavy atom. The van der Waals surface area contributed by atoms with E-state index in [-0.39, 0.29) is 36.4 Å². The Morgan fingerprint density at radius 3 is 2.79 bits per heavy atom. The Bertz CT molecular complexity index is 881. The van der Waals surface area contributed by atoms with Gasteiger partial charge in [-0.05, 0) is 32.4 Å². The molecular weight excluding hydrogens is 369 g/mol. The van der Waals surface area contributed by atoms with Gasteiger partial charge in [-0.3, -0.25) is 9.89 Å². The fourth-order valence-electron chi connectivity index (χ4n) is 2.94. The Kier molecular flexibility index (Phi) is 6.03. The van der Waals surface area contributed by atoms with E-state index >= 15 is 0 Å². The first-order valence-corrected chi connectivity index (χ1v) is 8.31. The van der Waals surface area contributed by atoms with Crippen LogP contribution in [0.4, 0.5) is 0 Å². The molecule has 0 radical (unpaired) electrons. The number of halogens is 2. The van der Waals surface area contributed by atoms with Gasteiger partial charge in [0.1, 0.15) is 10.5 Å². The molecule has 1 saturated heterocycles. The van der Waals surface area contributed by atoms with Crippen molar-refractivity contribution < 1.29 is 0 Å². The monoisotopic (exact) mass is 387 g/mol. The van der Waals surface area contributed by atoms with E-state index in [1.165, 1.54) is 24.2 Å². The van der Waals surface area contributed by atoms with Gasteiger partial charge >= 0.3 is 0 Å². The molecule has 1 aliphatic heterocycles. The van der Waals surface area contributed by atoms with Gasteiger partial charge in [0.15, 0.2) is 0 Å². The van der Waals surface area contributed by atoms with E-state index in [0.717, 1.165) is 40.4 Å². The number of thiophene rings is 1. The quantitative estimate of drug-likeness (QED) is 0.629. The maximum Gasteiger partial charge on any atom is 0.268 e. The van der Waals surface area contributed by atoms with E-state index in [1.54, 1.807) is 6.20 Å². The standard InChI is InChI=1S/C15H17N5OS.2ClH/c1-8-9(7-17-20-8)12-6-11-13(22-12)15(21)19-14(18-11)10-4-2-3-5-16-10;;/h6-7,10,16H,2-5H2,1H3,(H,17,20)(H,18,19,21);2*1H/t10-;;/m1../s1. The van der Waals surface area contributed by atoms with Gasteiger partial charge in [-0.15, -0.1) is 36.2 Å². The summed E-state index contributed by atoms with van der Waals surface area (Å²) in [6.07, 6.45) is 5.16. The van der Waals surface area contributed by atoms with E-state index in [0.29, 0.717) is 4.70 Å². The van der Waals surface area contributed by atoms with Gasteiger partial charge in [0.2, 0.25) is 0 Å². The molecule has 9 heteroatoms. The van der Waals surface area contributed by atoms with Crippen molar-refractivity contribution in [1.82, 2.24) is 25.5 Å². The Balaban J connectivity index is 0.00000104. The summed E-state index contributed by atoms with van der Waals surface area (Å²) < 4.78 is 0.676. The lowest BCUT2D eigenvalue weighted by Crippen LogP contribution is -2.29. The van der Waals surface area contributed by atoms with Crippen LogP contribution in [-0.2, 0) is 0 Å². The van der Waals surface area contributed by atoms with Gasteiger partial charge in [-0.2, -0.15) is 5.10 Å². The summed E-state index contributed by atoms with van der Waals surface area (Å²) in [6.45, 7) is 2.96. The summed E-state index contributed by atoms with van der Waals surface area (Å²) in [6, 6.07) is 2.14. The molecule has 6 nitrogen and oxygen atoms in total. The molecule has 0 saturated carbocycles. The molecule has 130 valence electrons. The smallest absolute Gasteiger partial charge is 0.268 e. The highest BCUT2D eigenvalue weighted by Gasteiger charge is 2.19. The minimum atomic E-state index is -0.0511. The van der Waals surface area contributed by atoms with E-state index in [2.05, 4.69) is 25.5 Å². The van der Waals surface area contributed by atoms with Gasteiger partial charge in [0, 0.05) is 16.1 Å². The average molecular weight is 388 g/mol. The van der Waals surface area contributed by atoms with Crippen LogP contribution in [-0.4, -0.2) is 26.7 Å². The lowest BCUT2D eigenvalue weighted by Gasteiger charge is -2.22. The summed E-state index contributed by atoms with van der Waals surface area (Å²) in [5.74, 6) is 0.755. The Hall–Kier alpha value is -1.41. The normalized spacial score (nSPS) is 17.3. The van der Waals surface area contributed by atoms with Gasteiger partial charge in [0.25, 0.3) is 5.56 Å². The zero-order chi connectivity index (χ0) is 15.1. The third kappa shape index (κ3) is 3.35. The highest BCUT2D eigenvalue weighted by atomic mass is 35.5. The third-order valence-corrected chi connectivity index (χ3v) is 5.29. The first-order valence-electron chi connectivity index (χ1n) is 7.50. The number of H-pyrrole nitrogens is 2. The average Bonchev–Trinajstić information content (AvgIpc) is 3.14. The van der Waals surface area contributed by atoms with Crippen molar-refractivity contribution in [2.24, 2.45) is 0 Å². The number of piperidine rings is 1. The molecule has 3 N–H and O–H groups in total. The number of aromatic amines is 2. The van der Waals surface area contributed by atoms with E-state index in [1.807, 2.05) is 13.0 Å². The molecule has 1 atom stereocenters. The minimum absolute atomic E-state index is 0. The van der Waals surface area contributed by atoms with Gasteiger partial charge in [-0.1, -0.05) is 6.42 Å². The zero-order valence-electron chi connectivity index (χ0n) is 13.1. The number of hydrogen-bond donors (Lipinski definition) is 3. The number of aryl methyl sites for hydroxylation is 1. The third-order valence-electron chi connectivity index (χ3n) is 4.14. The van der Waals surface area contributed by atoms with Crippen molar-refractivity contribution >= 4 is 46.4 Å². The predicted molar refractivity (Wildman–Crippen MR) is 102 cm³/mol. The number of nitrogens with one attached hydrogen (secondary N) is 3. The molecule has 4 rings (SSSR count). The summed E-state index contributed by atoms with van der Waals surface area (Å²) in [5.41, 5.74) is 2.74. The van der Waals surface area contributed by atoms with Crippen LogP contribution in [0.2, 0.25) is 0 Å². The van der Waals surface area contributed by atoms with Crippen molar-refractivity contribution in [3.05, 3.63) is 34.1 Å². The molecule has 24 heavy (non-hydrogen) atoms. The molecule has 4 heterocycles. The van der Waals surface area contributed by atoms with Crippen molar-refractivity contribution in [3.63, 3.8) is 0 Å². The number of fused-ring (bicyclic) bond motifs is 1. The molecule has 1 aliphatic rings. The van der Waals surface area contributed by atoms with Gasteiger partial charge < -0.3 is 10.3 Å². The predicted octanol–water partition coefficient (Wildman–Crippen LogP) is 3.34. The highest BCUT2D eigenvalue weighted by molar-refractivity contribution is 7.22. The molecule has 0 aliphatic carbocycles. The van der Waals surface area contributed by atoms with Crippen LogP contribution < -0.4 is 10.9 Å². The van der Waals surface area contributed by atoms with Crippen LogP contribution >= 0.6 is 36.2 Å². The SMILES string of the molecule is Cc1[nH]ncc1-c1cc2nc([C@H]3CCCCN3)[nH]c(=O)c2s1.Cl.Cl. The zero-order valence-corrected chi connectivity index (χ0v) is 15.5. The fourth-order valence-corrected chi connectivity index (χ4v) is 4.00. The lowest BCUT2D eigenvalue weighted by molar-refractivity contribution is 0.397. The molecule has 0 amide bonds. The Labute approximate surface area is 155 Å². The van der Waals surface area contributed by atoms with E-state index in [4.69, 9.17) is 0 Å². The Morgan fingerprint density at radius 2 is 2.12 bits per heavy atom. The first-order chi connectivity index (χ1) is 10.7. The number of hydrogen-bond acceptors (Lipinski definition) is 5. The number of nitrogens with zero attached hydrogens (tertiary/aromatic N) is 2. The van der Waals surface area contributed by atoms with E-state index < -0.39 is 0 Å². The van der Waals surface area contributed by atoms with Crippen LogP contribution in [0.15, 0.2) is 17.1 Å². The van der Waals surface area contributed by atoms with Crippen LogP contribution in [0.25, 0.3) is 20.7 Å². The van der Waals surface area contributed by atoms with Crippen LogP contribution in [0.3, 0.4) is 0 Å². The molecule has 0 unspecified atom stereocenters. The van der Waals surface area contributed by atoms with Crippen LogP contribution in [0, 0.1) is 6.92 Å². The van der Waals surface area contributed by atoms with Gasteiger partial charge in [-0.25, -0.2) is 4.98 Å². The molecule has 1 fully saturated rings. The maximum atomic E-state index is 12.4. The molecule has 0 bridgehead atoms. The molecule has 0 aromatic carbocycles. The maximum absolute atomic E-state index is 12.4. The second-order valence-corrected chi connectivity index (χ2v) is 6.74. The summed E-state index contributed by atoms with van der Waals surface area (Å²) in [7, 11) is 0. The van der Waals surface area contributed by atoms with Crippen molar-refractivity contribution in [1.29, 1.82) is 0 Å². The second-order valence-electron chi connectivity index (χ2n) is 5.69. The topological polar surface area (TPSA) is 86.5 Å². The molecule has 3 aromatic rings. The fraction of sp³-hybridized carbons (Fsp3) is 0.400. The van der Waals surface area contributed by atoms with E-state index in [9.17, 15) is 4.79 Å². The largest absolute Gasteiger partial charge is 0.308 e. The first kappa shape index (κ1) is 18.9. The lowest BCUT2D eigenvalue weighted by atomic mass is 10.0. The molecule has 0 spiro atoms. The molecule has 3 aromatic heterocycles. The number of rotatable bonds is 2. The van der Waals surface area contributed by atoms with Crippen molar-refractivity contribution in [3.8, 4) is 10.4 Å². The summed E-state index contributed by atoms with van der Waals surface area (Å²) >= 11 is 1.46. The van der Waals surface area contributed by atoms with Crippen LogP contribution in [0.5, 0.6) is 0 Å². The van der Waals surface area contributed by atoms with Crippen molar-refractivity contribution in [2.45, 2.75) is 32.2 Å². The van der Waals surface area contributed by atoms with Crippen molar-refractivity contribution in [2.75, 3.05) is 6.54 Å². The summed E-state index contributed by atoms with van der Waals surface area (Å²) in [4.78, 5) is 21.0. The minimum Gasteiger partial charge on any atom is -0.308 e. The van der Waals surface area contributed by atoms with Crippen LogP contribution in [0.1, 0.15) is 36.8 Å². The number of aromatic nitrogens is 4. The van der Waals surface area contributed by atoms with Gasteiger partial charge in [0.05, 0.1) is 17.8 Å². The highest BCUT2D eigenvalue weighted by Crippen LogP contribution is 2.32. The summed E-state index contributed by atoms with van der Waals surface area (Å²) in [5, 5.41) is 10.4. The second kappa shape index (κ2) is 7.65. The molecular formula is C15H19Cl2N5OS.